The highest BCUT2D eigenvalue weighted by Gasteiger charge is 2.29. The number of carbonyl (C=O) groups excluding carboxylic acids is 1. The van der Waals surface area contributed by atoms with E-state index < -0.39 is 0 Å². The number of halogens is 1. The van der Waals surface area contributed by atoms with Gasteiger partial charge < -0.3 is 14.4 Å². The van der Waals surface area contributed by atoms with Crippen LogP contribution in [0.4, 0.5) is 5.82 Å². The van der Waals surface area contributed by atoms with Gasteiger partial charge in [-0.2, -0.15) is 0 Å². The molecule has 0 bridgehead atoms. The maximum Gasteiger partial charge on any atom is 0.171 e. The summed E-state index contributed by atoms with van der Waals surface area (Å²) in [6.07, 6.45) is 3.29. The van der Waals surface area contributed by atoms with E-state index >= 15 is 0 Å². The minimum absolute atomic E-state index is 0.0558. The van der Waals surface area contributed by atoms with Gasteiger partial charge in [-0.15, -0.1) is 0 Å². The van der Waals surface area contributed by atoms with Crippen molar-refractivity contribution in [3.63, 3.8) is 0 Å². The summed E-state index contributed by atoms with van der Waals surface area (Å²) < 4.78 is 10.5. The summed E-state index contributed by atoms with van der Waals surface area (Å²) in [4.78, 5) is 23.7. The standard InChI is InChI=1S/C19H22ClN3O3/c1-25-11-15-9-18(22-12-21-15)23-7-3-4-13(10-23)19(24)16-8-14(20)5-6-17(16)26-2/h5-6,8-9,12-13H,3-4,7,10-11H2,1-2H3/t13-/m0/s1. The Balaban J connectivity index is 1.79. The summed E-state index contributed by atoms with van der Waals surface area (Å²) in [6, 6.07) is 7.06. The molecule has 1 saturated heterocycles. The van der Waals surface area contributed by atoms with Gasteiger partial charge >= 0.3 is 0 Å². The molecule has 1 aromatic carbocycles. The Morgan fingerprint density at radius 2 is 2.15 bits per heavy atom. The zero-order valence-electron chi connectivity index (χ0n) is 14.9. The minimum Gasteiger partial charge on any atom is -0.496 e. The van der Waals surface area contributed by atoms with Gasteiger partial charge in [0.05, 0.1) is 25.0 Å². The SMILES string of the molecule is COCc1cc(N2CCC[C@H](C(=O)c3cc(Cl)ccc3OC)C2)ncn1. The van der Waals surface area contributed by atoms with Crippen molar-refractivity contribution in [2.45, 2.75) is 19.4 Å². The molecule has 2 aromatic rings. The average Bonchev–Trinajstić information content (AvgIpc) is 2.68. The van der Waals surface area contributed by atoms with Crippen LogP contribution in [0.15, 0.2) is 30.6 Å². The van der Waals surface area contributed by atoms with Crippen LogP contribution in [0, 0.1) is 5.92 Å². The molecule has 1 aromatic heterocycles. The number of Topliss-reactive ketones (excluding diaryl/α,β-unsaturated/α-hetero) is 1. The summed E-state index contributed by atoms with van der Waals surface area (Å²) in [5.41, 5.74) is 1.36. The Morgan fingerprint density at radius 3 is 2.92 bits per heavy atom. The van der Waals surface area contributed by atoms with Crippen LogP contribution in [0.2, 0.25) is 5.02 Å². The van der Waals surface area contributed by atoms with Gasteiger partial charge in [0.15, 0.2) is 5.78 Å². The second kappa shape index (κ2) is 8.47. The molecule has 138 valence electrons. The highest BCUT2D eigenvalue weighted by atomic mass is 35.5. The summed E-state index contributed by atoms with van der Waals surface area (Å²) in [6.45, 7) is 1.91. The number of piperidine rings is 1. The number of ether oxygens (including phenoxy) is 2. The second-order valence-electron chi connectivity index (χ2n) is 6.29. The van der Waals surface area contributed by atoms with Gasteiger partial charge in [0, 0.05) is 37.2 Å². The zero-order valence-corrected chi connectivity index (χ0v) is 15.7. The first kappa shape index (κ1) is 18.6. The largest absolute Gasteiger partial charge is 0.496 e. The van der Waals surface area contributed by atoms with Crippen LogP contribution in [-0.4, -0.2) is 43.1 Å². The molecule has 0 radical (unpaired) electrons. The van der Waals surface area contributed by atoms with Crippen molar-refractivity contribution in [3.05, 3.63) is 46.9 Å². The van der Waals surface area contributed by atoms with Gasteiger partial charge in [-0.05, 0) is 31.0 Å². The second-order valence-corrected chi connectivity index (χ2v) is 6.73. The van der Waals surface area contributed by atoms with Gasteiger partial charge in [-0.1, -0.05) is 11.6 Å². The Bertz CT molecular complexity index is 784. The van der Waals surface area contributed by atoms with Gasteiger partial charge in [0.25, 0.3) is 0 Å². The van der Waals surface area contributed by atoms with E-state index in [-0.39, 0.29) is 11.7 Å². The number of hydrogen-bond donors (Lipinski definition) is 0. The van der Waals surface area contributed by atoms with Crippen LogP contribution in [0.3, 0.4) is 0 Å². The predicted molar refractivity (Wildman–Crippen MR) is 100 cm³/mol. The molecule has 0 saturated carbocycles. The summed E-state index contributed by atoms with van der Waals surface area (Å²) in [7, 11) is 3.20. The first-order valence-corrected chi connectivity index (χ1v) is 8.92. The van der Waals surface area contributed by atoms with Crippen molar-refractivity contribution < 1.29 is 14.3 Å². The molecule has 0 aliphatic carbocycles. The van der Waals surface area contributed by atoms with E-state index in [1.165, 1.54) is 6.33 Å². The van der Waals surface area contributed by atoms with Crippen molar-refractivity contribution in [1.29, 1.82) is 0 Å². The molecule has 1 aliphatic rings. The van der Waals surface area contributed by atoms with Crippen LogP contribution in [-0.2, 0) is 11.3 Å². The maximum absolute atomic E-state index is 13.1. The fourth-order valence-electron chi connectivity index (χ4n) is 3.28. The number of aromatic nitrogens is 2. The number of carbonyl (C=O) groups is 1. The Morgan fingerprint density at radius 1 is 1.31 bits per heavy atom. The van der Waals surface area contributed by atoms with E-state index in [2.05, 4.69) is 14.9 Å². The summed E-state index contributed by atoms with van der Waals surface area (Å²) in [5.74, 6) is 1.31. The van der Waals surface area contributed by atoms with E-state index in [0.29, 0.717) is 29.5 Å². The van der Waals surface area contributed by atoms with Crippen molar-refractivity contribution in [3.8, 4) is 5.75 Å². The van der Waals surface area contributed by atoms with Crippen molar-refractivity contribution in [1.82, 2.24) is 9.97 Å². The first-order chi connectivity index (χ1) is 12.6. The van der Waals surface area contributed by atoms with E-state index in [1.807, 2.05) is 6.07 Å². The van der Waals surface area contributed by atoms with Crippen LogP contribution in [0.25, 0.3) is 0 Å². The molecular formula is C19H22ClN3O3. The minimum atomic E-state index is -0.128. The molecule has 6 nitrogen and oxygen atoms in total. The molecule has 2 heterocycles. The highest BCUT2D eigenvalue weighted by Crippen LogP contribution is 2.29. The summed E-state index contributed by atoms with van der Waals surface area (Å²) >= 11 is 6.08. The van der Waals surface area contributed by atoms with Crippen LogP contribution < -0.4 is 9.64 Å². The number of methoxy groups -OCH3 is 2. The molecular weight excluding hydrogens is 354 g/mol. The van der Waals surface area contributed by atoms with Gasteiger partial charge in [-0.25, -0.2) is 9.97 Å². The number of ketones is 1. The quantitative estimate of drug-likeness (QED) is 0.721. The van der Waals surface area contributed by atoms with Gasteiger partial charge in [-0.3, -0.25) is 4.79 Å². The highest BCUT2D eigenvalue weighted by molar-refractivity contribution is 6.31. The molecule has 0 N–H and O–H groups in total. The lowest BCUT2D eigenvalue weighted by molar-refractivity contribution is 0.0904. The van der Waals surface area contributed by atoms with Crippen LogP contribution in [0.1, 0.15) is 28.9 Å². The van der Waals surface area contributed by atoms with Crippen molar-refractivity contribution in [2.24, 2.45) is 5.92 Å². The third-order valence-electron chi connectivity index (χ3n) is 4.54. The Hall–Kier alpha value is -2.18. The van der Waals surface area contributed by atoms with Crippen LogP contribution >= 0.6 is 11.6 Å². The normalized spacial score (nSPS) is 17.2. The summed E-state index contributed by atoms with van der Waals surface area (Å²) in [5, 5.41) is 0.529. The van der Waals surface area contributed by atoms with Gasteiger partial charge in [0.2, 0.25) is 0 Å². The number of hydrogen-bond acceptors (Lipinski definition) is 6. The molecule has 3 rings (SSSR count). The van der Waals surface area contributed by atoms with E-state index in [1.54, 1.807) is 32.4 Å². The Kier molecular flexibility index (Phi) is 6.06. The number of nitrogens with zero attached hydrogens (tertiary/aromatic N) is 3. The lowest BCUT2D eigenvalue weighted by Gasteiger charge is -2.33. The lowest BCUT2D eigenvalue weighted by Crippen LogP contribution is -2.39. The predicted octanol–water partition coefficient (Wildman–Crippen LogP) is 3.38. The fraction of sp³-hybridized carbons (Fsp3) is 0.421. The molecule has 1 fully saturated rings. The topological polar surface area (TPSA) is 64.5 Å². The monoisotopic (exact) mass is 375 g/mol. The number of rotatable bonds is 6. The van der Waals surface area contributed by atoms with Crippen molar-refractivity contribution in [2.75, 3.05) is 32.2 Å². The number of anilines is 1. The molecule has 7 heteroatoms. The molecule has 0 unspecified atom stereocenters. The maximum atomic E-state index is 13.1. The molecule has 1 aliphatic heterocycles. The fourth-order valence-corrected chi connectivity index (χ4v) is 3.45. The Labute approximate surface area is 158 Å². The average molecular weight is 376 g/mol. The molecule has 0 spiro atoms. The molecule has 1 atom stereocenters. The third-order valence-corrected chi connectivity index (χ3v) is 4.78. The van der Waals surface area contributed by atoms with E-state index in [0.717, 1.165) is 30.9 Å². The number of benzene rings is 1. The smallest absolute Gasteiger partial charge is 0.171 e. The van der Waals surface area contributed by atoms with Crippen LogP contribution in [0.5, 0.6) is 5.75 Å². The zero-order chi connectivity index (χ0) is 18.5. The first-order valence-electron chi connectivity index (χ1n) is 8.55. The van der Waals surface area contributed by atoms with E-state index in [4.69, 9.17) is 21.1 Å². The lowest BCUT2D eigenvalue weighted by atomic mass is 9.89. The third kappa shape index (κ3) is 4.14. The van der Waals surface area contributed by atoms with E-state index in [9.17, 15) is 4.79 Å². The van der Waals surface area contributed by atoms with Crippen molar-refractivity contribution >= 4 is 23.2 Å². The molecule has 0 amide bonds. The molecule has 26 heavy (non-hydrogen) atoms. The van der Waals surface area contributed by atoms with Gasteiger partial charge in [0.1, 0.15) is 17.9 Å².